The molecule has 28 heavy (non-hydrogen) atoms. The summed E-state index contributed by atoms with van der Waals surface area (Å²) >= 11 is 0. The fourth-order valence-corrected chi connectivity index (χ4v) is 3.35. The number of piperidine rings is 1. The highest BCUT2D eigenvalue weighted by Gasteiger charge is 2.23. The van der Waals surface area contributed by atoms with Gasteiger partial charge in [-0.15, -0.1) is 17.5 Å². The molecule has 0 radical (unpaired) electrons. The number of H-pyrrole nitrogens is 1. The molecule has 0 spiro atoms. The summed E-state index contributed by atoms with van der Waals surface area (Å²) in [6.45, 7) is 5.65. The number of amides is 1. The number of nitrogens with zero attached hydrogens (tertiary/aromatic N) is 5. The third-order valence-corrected chi connectivity index (χ3v) is 4.77. The first kappa shape index (κ1) is 20.0. The lowest BCUT2D eigenvalue weighted by Gasteiger charge is -2.23. The van der Waals surface area contributed by atoms with E-state index in [1.807, 2.05) is 42.8 Å². The molecule has 3 aromatic rings. The van der Waals surface area contributed by atoms with E-state index in [1.165, 1.54) is 0 Å². The summed E-state index contributed by atoms with van der Waals surface area (Å²) in [5.41, 5.74) is 2.64. The normalized spacial score (nSPS) is 14.5. The van der Waals surface area contributed by atoms with Crippen molar-refractivity contribution in [1.82, 2.24) is 35.5 Å². The molecular weight excluding hydrogens is 380 g/mol. The Morgan fingerprint density at radius 1 is 1.25 bits per heavy atom. The van der Waals surface area contributed by atoms with Crippen molar-refractivity contribution >= 4 is 24.0 Å². The Kier molecular flexibility index (Phi) is 6.05. The van der Waals surface area contributed by atoms with Gasteiger partial charge in [0, 0.05) is 11.3 Å². The SMILES string of the molecule is Cc1nc(-c2cccc(NC(=O)c3nnn(C4CCNCC4)c3C)c2)n[nH]1.Cl. The van der Waals surface area contributed by atoms with Crippen molar-refractivity contribution in [3.05, 3.63) is 41.5 Å². The van der Waals surface area contributed by atoms with E-state index in [9.17, 15) is 4.79 Å². The summed E-state index contributed by atoms with van der Waals surface area (Å²) in [4.78, 5) is 17.0. The second-order valence-corrected chi connectivity index (χ2v) is 6.73. The van der Waals surface area contributed by atoms with Crippen molar-refractivity contribution in [3.8, 4) is 11.4 Å². The van der Waals surface area contributed by atoms with Crippen molar-refractivity contribution in [2.45, 2.75) is 32.7 Å². The first-order valence-electron chi connectivity index (χ1n) is 9.05. The van der Waals surface area contributed by atoms with Crippen LogP contribution in [0.4, 0.5) is 5.69 Å². The Balaban J connectivity index is 0.00000225. The maximum absolute atomic E-state index is 12.7. The molecule has 1 aliphatic rings. The van der Waals surface area contributed by atoms with E-state index >= 15 is 0 Å². The molecular formula is C18H23ClN8O. The molecule has 0 saturated carbocycles. The zero-order valence-electron chi connectivity index (χ0n) is 15.8. The number of benzene rings is 1. The third kappa shape index (κ3) is 4.05. The molecule has 3 heterocycles. The van der Waals surface area contributed by atoms with E-state index in [1.54, 1.807) is 0 Å². The summed E-state index contributed by atoms with van der Waals surface area (Å²) in [6.07, 6.45) is 1.98. The smallest absolute Gasteiger partial charge is 0.278 e. The van der Waals surface area contributed by atoms with Crippen molar-refractivity contribution in [1.29, 1.82) is 0 Å². The lowest BCUT2D eigenvalue weighted by Crippen LogP contribution is -2.30. The minimum Gasteiger partial charge on any atom is -0.321 e. The molecule has 9 nitrogen and oxygen atoms in total. The fourth-order valence-electron chi connectivity index (χ4n) is 3.35. The first-order chi connectivity index (χ1) is 13.1. The molecule has 0 bridgehead atoms. The molecule has 10 heteroatoms. The van der Waals surface area contributed by atoms with Crippen LogP contribution in [0.5, 0.6) is 0 Å². The van der Waals surface area contributed by atoms with Gasteiger partial charge in [-0.1, -0.05) is 17.3 Å². The Morgan fingerprint density at radius 3 is 2.75 bits per heavy atom. The van der Waals surface area contributed by atoms with Crippen LogP contribution in [-0.4, -0.2) is 49.2 Å². The van der Waals surface area contributed by atoms with Crippen LogP contribution in [0.15, 0.2) is 24.3 Å². The molecule has 3 N–H and O–H groups in total. The lowest BCUT2D eigenvalue weighted by atomic mass is 10.1. The van der Waals surface area contributed by atoms with Crippen LogP contribution < -0.4 is 10.6 Å². The average Bonchev–Trinajstić information content (AvgIpc) is 3.28. The number of aryl methyl sites for hydroxylation is 1. The van der Waals surface area contributed by atoms with E-state index in [-0.39, 0.29) is 24.4 Å². The number of hydrogen-bond donors (Lipinski definition) is 3. The van der Waals surface area contributed by atoms with E-state index in [0.29, 0.717) is 17.2 Å². The molecule has 2 aromatic heterocycles. The summed E-state index contributed by atoms with van der Waals surface area (Å²) < 4.78 is 1.88. The lowest BCUT2D eigenvalue weighted by molar-refractivity contribution is 0.102. The van der Waals surface area contributed by atoms with Gasteiger partial charge in [0.1, 0.15) is 5.82 Å². The van der Waals surface area contributed by atoms with Crippen molar-refractivity contribution in [3.63, 3.8) is 0 Å². The van der Waals surface area contributed by atoms with Gasteiger partial charge in [0.2, 0.25) is 0 Å². The highest BCUT2D eigenvalue weighted by molar-refractivity contribution is 6.03. The maximum atomic E-state index is 12.7. The molecule has 1 saturated heterocycles. The average molecular weight is 403 g/mol. The third-order valence-electron chi connectivity index (χ3n) is 4.77. The molecule has 1 amide bonds. The van der Waals surface area contributed by atoms with E-state index in [2.05, 4.69) is 36.1 Å². The van der Waals surface area contributed by atoms with Gasteiger partial charge in [0.25, 0.3) is 5.91 Å². The maximum Gasteiger partial charge on any atom is 0.278 e. The van der Waals surface area contributed by atoms with Gasteiger partial charge in [-0.2, -0.15) is 5.10 Å². The molecule has 1 aromatic carbocycles. The van der Waals surface area contributed by atoms with Crippen LogP contribution in [0.1, 0.15) is 40.9 Å². The number of halogens is 1. The molecule has 0 aliphatic carbocycles. The zero-order valence-corrected chi connectivity index (χ0v) is 16.6. The molecule has 0 atom stereocenters. The molecule has 0 unspecified atom stereocenters. The van der Waals surface area contributed by atoms with Crippen LogP contribution in [0.2, 0.25) is 0 Å². The van der Waals surface area contributed by atoms with Gasteiger partial charge in [-0.05, 0) is 51.9 Å². The summed E-state index contributed by atoms with van der Waals surface area (Å²) in [6, 6.07) is 7.71. The van der Waals surface area contributed by atoms with Gasteiger partial charge in [-0.25, -0.2) is 9.67 Å². The van der Waals surface area contributed by atoms with E-state index in [4.69, 9.17) is 0 Å². The number of aromatic amines is 1. The van der Waals surface area contributed by atoms with Crippen LogP contribution >= 0.6 is 12.4 Å². The zero-order chi connectivity index (χ0) is 18.8. The van der Waals surface area contributed by atoms with Crippen molar-refractivity contribution in [2.24, 2.45) is 0 Å². The predicted octanol–water partition coefficient (Wildman–Crippen LogP) is 2.28. The largest absolute Gasteiger partial charge is 0.321 e. The van der Waals surface area contributed by atoms with Crippen LogP contribution in [-0.2, 0) is 0 Å². The first-order valence-corrected chi connectivity index (χ1v) is 9.05. The second kappa shape index (κ2) is 8.49. The molecule has 1 fully saturated rings. The van der Waals surface area contributed by atoms with Crippen LogP contribution in [0.3, 0.4) is 0 Å². The number of hydrogen-bond acceptors (Lipinski definition) is 6. The second-order valence-electron chi connectivity index (χ2n) is 6.73. The summed E-state index contributed by atoms with van der Waals surface area (Å²) in [5.74, 6) is 1.07. The molecule has 148 valence electrons. The predicted molar refractivity (Wildman–Crippen MR) is 108 cm³/mol. The number of anilines is 1. The monoisotopic (exact) mass is 402 g/mol. The van der Waals surface area contributed by atoms with Gasteiger partial charge in [-0.3, -0.25) is 9.89 Å². The summed E-state index contributed by atoms with van der Waals surface area (Å²) in [7, 11) is 0. The number of aromatic nitrogens is 6. The quantitative estimate of drug-likeness (QED) is 0.617. The Morgan fingerprint density at radius 2 is 2.04 bits per heavy atom. The minimum atomic E-state index is -0.268. The van der Waals surface area contributed by atoms with Gasteiger partial charge in [0.15, 0.2) is 11.5 Å². The van der Waals surface area contributed by atoms with Crippen molar-refractivity contribution in [2.75, 3.05) is 18.4 Å². The fraction of sp³-hybridized carbons (Fsp3) is 0.389. The number of nitrogens with one attached hydrogen (secondary N) is 3. The Bertz CT molecular complexity index is 960. The Labute approximate surface area is 168 Å². The summed E-state index contributed by atoms with van der Waals surface area (Å²) in [5, 5.41) is 21.6. The standard InChI is InChI=1S/C18H22N8O.ClH/c1-11-16(23-25-26(11)15-6-8-19-9-7-15)18(27)21-14-5-3-4-13(10-14)17-20-12(2)22-24-17;/h3-5,10,15,19H,6-9H2,1-2H3,(H,21,27)(H,20,22,24);1H. The Hall–Kier alpha value is -2.78. The topological polar surface area (TPSA) is 113 Å². The van der Waals surface area contributed by atoms with Gasteiger partial charge >= 0.3 is 0 Å². The highest BCUT2D eigenvalue weighted by atomic mass is 35.5. The number of carbonyl (C=O) groups excluding carboxylic acids is 1. The van der Waals surface area contributed by atoms with E-state index in [0.717, 1.165) is 43.0 Å². The highest BCUT2D eigenvalue weighted by Crippen LogP contribution is 2.22. The van der Waals surface area contributed by atoms with Crippen molar-refractivity contribution < 1.29 is 4.79 Å². The van der Waals surface area contributed by atoms with Crippen LogP contribution in [0, 0.1) is 13.8 Å². The van der Waals surface area contributed by atoms with Crippen LogP contribution in [0.25, 0.3) is 11.4 Å². The van der Waals surface area contributed by atoms with Gasteiger partial charge < -0.3 is 10.6 Å². The number of rotatable bonds is 4. The number of carbonyl (C=O) groups is 1. The minimum absolute atomic E-state index is 0. The van der Waals surface area contributed by atoms with E-state index < -0.39 is 0 Å². The van der Waals surface area contributed by atoms with Gasteiger partial charge in [0.05, 0.1) is 11.7 Å². The molecule has 1 aliphatic heterocycles. The molecule has 4 rings (SSSR count).